The predicted molar refractivity (Wildman–Crippen MR) is 21.5 cm³/mol. The molecule has 0 aliphatic rings. The Morgan fingerprint density at radius 2 is 1.00 bits per heavy atom. The van der Waals surface area contributed by atoms with Gasteiger partial charge in [0.1, 0.15) is 0 Å². The molecular formula is H5CoMnPSZn. The Labute approximate surface area is 76.1 Å². The van der Waals surface area contributed by atoms with E-state index in [4.69, 9.17) is 0 Å². The maximum atomic E-state index is 0. The number of hydrogen-bond donors (Lipinski definition) is 0. The molecule has 0 aliphatic heterocycles. The minimum atomic E-state index is 0. The fourth-order valence-corrected chi connectivity index (χ4v) is 0. The van der Waals surface area contributed by atoms with Gasteiger partial charge in [0.05, 0.1) is 0 Å². The third-order valence-electron chi connectivity index (χ3n) is 0. The van der Waals surface area contributed by atoms with Crippen LogP contribution in [0, 0.1) is 0 Å². The fraction of sp³-hybridized carbons (Fsp3) is 0. The van der Waals surface area contributed by atoms with Gasteiger partial charge >= 0.3 is 0 Å². The molecule has 0 aliphatic carbocycles. The van der Waals surface area contributed by atoms with Crippen LogP contribution >= 0.6 is 23.4 Å². The second-order valence-corrected chi connectivity index (χ2v) is 0. The van der Waals surface area contributed by atoms with Crippen LogP contribution in [0.2, 0.25) is 0 Å². The van der Waals surface area contributed by atoms with Crippen molar-refractivity contribution >= 4 is 23.4 Å². The zero-order valence-corrected chi connectivity index (χ0v) is 10.2. The third kappa shape index (κ3) is 21.4. The summed E-state index contributed by atoms with van der Waals surface area (Å²) in [5, 5.41) is 0. The fourth-order valence-electron chi connectivity index (χ4n) is 0. The van der Waals surface area contributed by atoms with E-state index in [1.165, 1.54) is 0 Å². The molecule has 0 saturated heterocycles. The summed E-state index contributed by atoms with van der Waals surface area (Å²) in [6.45, 7) is 0. The summed E-state index contributed by atoms with van der Waals surface area (Å²) in [5.41, 5.74) is 0. The summed E-state index contributed by atoms with van der Waals surface area (Å²) >= 11 is 0. The third-order valence-corrected chi connectivity index (χ3v) is 0. The molecule has 0 aromatic heterocycles. The maximum absolute atomic E-state index is 0. The summed E-state index contributed by atoms with van der Waals surface area (Å²) in [7, 11) is 0. The van der Waals surface area contributed by atoms with Gasteiger partial charge in [-0.1, -0.05) is 0 Å². The first-order chi connectivity index (χ1) is 0. The monoisotopic (exact) mass is 246 g/mol. The Kier molecular flexibility index (Phi) is 334. The Morgan fingerprint density at radius 1 is 1.00 bits per heavy atom. The standard InChI is InChI=1S/Co.Mn.H3P.H2S.Zn/h;;1H3;1H2;. The Balaban J connectivity index is 0. The van der Waals surface area contributed by atoms with Crippen molar-refractivity contribution in [3.8, 4) is 0 Å². The van der Waals surface area contributed by atoms with Gasteiger partial charge in [-0.05, 0) is 0 Å². The Bertz CT molecular complexity index is 11.6. The van der Waals surface area contributed by atoms with Crippen LogP contribution in [0.25, 0.3) is 0 Å². The molecule has 2 radical (unpaired) electrons. The van der Waals surface area contributed by atoms with Crippen molar-refractivity contribution in [1.82, 2.24) is 0 Å². The summed E-state index contributed by atoms with van der Waals surface area (Å²) in [4.78, 5) is 0. The molecule has 0 bridgehead atoms. The van der Waals surface area contributed by atoms with Gasteiger partial charge in [-0.3, -0.25) is 0 Å². The molecule has 0 heterocycles. The van der Waals surface area contributed by atoms with Crippen molar-refractivity contribution in [3.05, 3.63) is 0 Å². The zero-order valence-electron chi connectivity index (χ0n) is 2.63. The van der Waals surface area contributed by atoms with Crippen molar-refractivity contribution < 1.29 is 53.3 Å². The molecule has 0 rings (SSSR count). The van der Waals surface area contributed by atoms with Crippen molar-refractivity contribution in [3.63, 3.8) is 0 Å². The van der Waals surface area contributed by atoms with E-state index in [9.17, 15) is 0 Å². The topological polar surface area (TPSA) is 0 Å². The zero-order chi connectivity index (χ0) is 0. The molecule has 0 fully saturated rings. The molecule has 0 saturated carbocycles. The first-order valence-electron chi connectivity index (χ1n) is 0. The Morgan fingerprint density at radius 3 is 1.00 bits per heavy atom. The van der Waals surface area contributed by atoms with Crippen LogP contribution in [-0.2, 0) is 53.3 Å². The first-order valence-corrected chi connectivity index (χ1v) is 0. The van der Waals surface area contributed by atoms with Crippen LogP contribution in [0.15, 0.2) is 0 Å². The second kappa shape index (κ2) is 32.1. The van der Waals surface area contributed by atoms with Crippen molar-refractivity contribution in [2.45, 2.75) is 0 Å². The quantitative estimate of drug-likeness (QED) is 0.423. The maximum Gasteiger partial charge on any atom is 0 e. The van der Waals surface area contributed by atoms with Gasteiger partial charge in [0.25, 0.3) is 0 Å². The van der Waals surface area contributed by atoms with Gasteiger partial charge in [0.2, 0.25) is 0 Å². The number of rotatable bonds is 0. The molecule has 0 amide bonds. The SMILES string of the molecule is P.S.[Co].[Mn].[Zn]. The molecule has 5 heavy (non-hydrogen) atoms. The summed E-state index contributed by atoms with van der Waals surface area (Å²) in [6.07, 6.45) is 0. The molecule has 5 heteroatoms. The van der Waals surface area contributed by atoms with Gasteiger partial charge in [-0.15, -0.1) is 0 Å². The van der Waals surface area contributed by atoms with Gasteiger partial charge in [-0.25, -0.2) is 0 Å². The summed E-state index contributed by atoms with van der Waals surface area (Å²) < 4.78 is 0. The summed E-state index contributed by atoms with van der Waals surface area (Å²) in [6, 6.07) is 0. The van der Waals surface area contributed by atoms with Crippen LogP contribution in [0.1, 0.15) is 0 Å². The second-order valence-electron chi connectivity index (χ2n) is 0. The molecule has 34 valence electrons. The Hall–Kier alpha value is 2.43. The van der Waals surface area contributed by atoms with Crippen molar-refractivity contribution in [2.24, 2.45) is 0 Å². The molecule has 0 nitrogen and oxygen atoms in total. The molecule has 1 unspecified atom stereocenters. The van der Waals surface area contributed by atoms with Crippen LogP contribution in [-0.4, -0.2) is 0 Å². The minimum Gasteiger partial charge on any atom is -0.197 e. The molecule has 0 aromatic rings. The smallest absolute Gasteiger partial charge is 0 e. The van der Waals surface area contributed by atoms with Crippen molar-refractivity contribution in [1.29, 1.82) is 0 Å². The first kappa shape index (κ1) is 52.0. The van der Waals surface area contributed by atoms with Gasteiger partial charge in [0, 0.05) is 53.3 Å². The van der Waals surface area contributed by atoms with Gasteiger partial charge in [0.15, 0.2) is 0 Å². The minimum absolute atomic E-state index is 0. The van der Waals surface area contributed by atoms with Crippen LogP contribution in [0.4, 0.5) is 0 Å². The van der Waals surface area contributed by atoms with E-state index < -0.39 is 0 Å². The van der Waals surface area contributed by atoms with Crippen molar-refractivity contribution in [2.75, 3.05) is 0 Å². The van der Waals surface area contributed by atoms with E-state index >= 15 is 0 Å². The van der Waals surface area contributed by atoms with E-state index in [0.29, 0.717) is 0 Å². The number of hydrogen-bond acceptors (Lipinski definition) is 0. The van der Waals surface area contributed by atoms with Gasteiger partial charge in [-0.2, -0.15) is 23.4 Å². The van der Waals surface area contributed by atoms with Crippen LogP contribution in [0.5, 0.6) is 0 Å². The van der Waals surface area contributed by atoms with Crippen LogP contribution in [0.3, 0.4) is 0 Å². The van der Waals surface area contributed by atoms with E-state index in [-0.39, 0.29) is 76.7 Å². The normalized spacial score (nSPS) is 0. The predicted octanol–water partition coefficient (Wildman–Crippen LogP) is 0.163. The van der Waals surface area contributed by atoms with E-state index in [2.05, 4.69) is 0 Å². The van der Waals surface area contributed by atoms with Gasteiger partial charge < -0.3 is 0 Å². The van der Waals surface area contributed by atoms with Crippen LogP contribution < -0.4 is 0 Å². The van der Waals surface area contributed by atoms with E-state index in [0.717, 1.165) is 0 Å². The average Bonchev–Trinajstić information content (AvgIpc) is 0. The summed E-state index contributed by atoms with van der Waals surface area (Å²) in [5.74, 6) is 0. The molecular weight excluding hydrogens is 242 g/mol. The van der Waals surface area contributed by atoms with E-state index in [1.54, 1.807) is 0 Å². The molecule has 0 spiro atoms. The average molecular weight is 247 g/mol. The molecule has 0 N–H and O–H groups in total. The molecule has 0 aromatic carbocycles. The largest absolute Gasteiger partial charge is 0.197 e. The molecule has 1 atom stereocenters. The van der Waals surface area contributed by atoms with E-state index in [1.807, 2.05) is 0 Å².